The van der Waals surface area contributed by atoms with Gasteiger partial charge in [-0.15, -0.1) is 11.3 Å². The Hall–Kier alpha value is -2.71. The molecule has 0 saturated heterocycles. The predicted octanol–water partition coefficient (Wildman–Crippen LogP) is 2.21. The molecule has 1 aliphatic rings. The van der Waals surface area contributed by atoms with Crippen molar-refractivity contribution in [3.8, 4) is 0 Å². The van der Waals surface area contributed by atoms with Gasteiger partial charge in [0.25, 0.3) is 5.91 Å². The Kier molecular flexibility index (Phi) is 6.66. The number of hydrogen-bond acceptors (Lipinski definition) is 6. The van der Waals surface area contributed by atoms with Crippen molar-refractivity contribution in [3.63, 3.8) is 0 Å². The predicted molar refractivity (Wildman–Crippen MR) is 109 cm³/mol. The van der Waals surface area contributed by atoms with Crippen LogP contribution < -0.4 is 10.6 Å². The summed E-state index contributed by atoms with van der Waals surface area (Å²) in [5.74, 6) is -1.39. The van der Waals surface area contributed by atoms with Gasteiger partial charge < -0.3 is 20.1 Å². The number of benzene rings is 1. The van der Waals surface area contributed by atoms with Crippen LogP contribution in [-0.4, -0.2) is 38.6 Å². The van der Waals surface area contributed by atoms with Crippen LogP contribution in [0.15, 0.2) is 24.3 Å². The lowest BCUT2D eigenvalue weighted by molar-refractivity contribution is -0.687. The lowest BCUT2D eigenvalue weighted by Crippen LogP contribution is -2.87. The van der Waals surface area contributed by atoms with E-state index in [2.05, 4.69) is 17.4 Å². The number of amides is 1. The van der Waals surface area contributed by atoms with E-state index in [0.717, 1.165) is 30.6 Å². The second kappa shape index (κ2) is 9.19. The second-order valence-electron chi connectivity index (χ2n) is 6.93. The van der Waals surface area contributed by atoms with Crippen LogP contribution >= 0.6 is 11.3 Å². The highest BCUT2D eigenvalue weighted by Gasteiger charge is 2.28. The number of aryl methyl sites for hydroxylation is 1. The van der Waals surface area contributed by atoms with E-state index in [-0.39, 0.29) is 28.9 Å². The smallest absolute Gasteiger partial charge is 0.348 e. The van der Waals surface area contributed by atoms with Crippen LogP contribution in [-0.2, 0) is 20.7 Å². The topological polar surface area (TPSA) is 98.3 Å². The molecule has 0 radical (unpaired) electrons. The highest BCUT2D eigenvalue weighted by molar-refractivity contribution is 7.18. The molecular weight excluding hydrogens is 392 g/mol. The van der Waals surface area contributed by atoms with Gasteiger partial charge in [-0.2, -0.15) is 0 Å². The minimum atomic E-state index is -0.602. The fourth-order valence-electron chi connectivity index (χ4n) is 3.70. The molecule has 8 heteroatoms. The highest BCUT2D eigenvalue weighted by atomic mass is 32.1. The minimum Gasteiger partial charge on any atom is -0.465 e. The molecule has 3 N–H and O–H groups in total. The van der Waals surface area contributed by atoms with Gasteiger partial charge in [0, 0.05) is 12.0 Å². The molecule has 154 valence electrons. The van der Waals surface area contributed by atoms with Crippen LogP contribution in [0.5, 0.6) is 0 Å². The van der Waals surface area contributed by atoms with E-state index >= 15 is 0 Å². The molecule has 0 bridgehead atoms. The van der Waals surface area contributed by atoms with E-state index in [9.17, 15) is 14.4 Å². The molecule has 1 aromatic carbocycles. The minimum absolute atomic E-state index is 0.189. The summed E-state index contributed by atoms with van der Waals surface area (Å²) in [6.07, 6.45) is 3.18. The van der Waals surface area contributed by atoms with E-state index in [0.29, 0.717) is 10.6 Å². The van der Waals surface area contributed by atoms with E-state index in [4.69, 9.17) is 9.47 Å². The summed E-state index contributed by atoms with van der Waals surface area (Å²) in [5.41, 5.74) is 3.25. The fraction of sp³-hybridized carbons (Fsp3) is 0.381. The third-order valence-electron chi connectivity index (χ3n) is 5.16. The molecule has 1 amide bonds. The number of methoxy groups -OCH3 is 2. The van der Waals surface area contributed by atoms with Crippen molar-refractivity contribution in [1.82, 2.24) is 0 Å². The zero-order valence-corrected chi connectivity index (χ0v) is 17.6. The van der Waals surface area contributed by atoms with Crippen molar-refractivity contribution in [2.24, 2.45) is 0 Å². The first kappa shape index (κ1) is 21.0. The average molecular weight is 418 g/mol. The molecule has 1 heterocycles. The second-order valence-corrected chi connectivity index (χ2v) is 7.95. The van der Waals surface area contributed by atoms with E-state index in [1.807, 2.05) is 17.4 Å². The Bertz CT molecular complexity index is 937. The van der Waals surface area contributed by atoms with Gasteiger partial charge in [0.1, 0.15) is 15.9 Å². The average Bonchev–Trinajstić information content (AvgIpc) is 3.06. The quantitative estimate of drug-likeness (QED) is 0.702. The Morgan fingerprint density at radius 3 is 2.62 bits per heavy atom. The van der Waals surface area contributed by atoms with Gasteiger partial charge >= 0.3 is 11.9 Å². The molecule has 2 aromatic rings. The number of thiophene rings is 1. The fourth-order valence-corrected chi connectivity index (χ4v) is 4.83. The van der Waals surface area contributed by atoms with Crippen LogP contribution in [0, 0.1) is 6.92 Å². The van der Waals surface area contributed by atoms with Crippen LogP contribution in [0.3, 0.4) is 0 Å². The van der Waals surface area contributed by atoms with Gasteiger partial charge in [0.2, 0.25) is 0 Å². The maximum Gasteiger partial charge on any atom is 0.348 e. The molecular formula is C21H25N2O5S+. The summed E-state index contributed by atoms with van der Waals surface area (Å²) in [4.78, 5) is 37.0. The number of anilines is 1. The molecule has 29 heavy (non-hydrogen) atoms. The third-order valence-corrected chi connectivity index (χ3v) is 6.35. The molecule has 0 spiro atoms. The van der Waals surface area contributed by atoms with Crippen molar-refractivity contribution >= 4 is 34.2 Å². The molecule has 0 saturated carbocycles. The first-order valence-corrected chi connectivity index (χ1v) is 10.3. The molecule has 1 atom stereocenters. The van der Waals surface area contributed by atoms with Crippen molar-refractivity contribution < 1.29 is 29.2 Å². The summed E-state index contributed by atoms with van der Waals surface area (Å²) in [5, 5.41) is 5.09. The maximum atomic E-state index is 12.6. The summed E-state index contributed by atoms with van der Waals surface area (Å²) < 4.78 is 9.58. The van der Waals surface area contributed by atoms with E-state index in [1.165, 1.54) is 25.3 Å². The number of hydrogen-bond donors (Lipinski definition) is 2. The number of ether oxygens (including phenoxy) is 2. The SMILES string of the molecule is COC(=O)c1sc(NC(=O)C[NH2+][C@@H]2CCCc3ccccc32)c(C(=O)OC)c1C. The van der Waals surface area contributed by atoms with Gasteiger partial charge in [-0.1, -0.05) is 24.3 Å². The number of nitrogens with one attached hydrogen (secondary N) is 1. The molecule has 0 unspecified atom stereocenters. The van der Waals surface area contributed by atoms with E-state index < -0.39 is 11.9 Å². The summed E-state index contributed by atoms with van der Waals surface area (Å²) in [6.45, 7) is 1.85. The number of carbonyl (C=O) groups excluding carboxylic acids is 3. The summed E-state index contributed by atoms with van der Waals surface area (Å²) in [6, 6.07) is 8.56. The van der Waals surface area contributed by atoms with Crippen LogP contribution in [0.1, 0.15) is 55.6 Å². The Labute approximate surface area is 173 Å². The Morgan fingerprint density at radius 2 is 1.90 bits per heavy atom. The first-order chi connectivity index (χ1) is 14.0. The molecule has 0 fully saturated rings. The monoisotopic (exact) mass is 417 g/mol. The zero-order valence-electron chi connectivity index (χ0n) is 16.7. The largest absolute Gasteiger partial charge is 0.465 e. The zero-order chi connectivity index (χ0) is 21.0. The Morgan fingerprint density at radius 1 is 1.17 bits per heavy atom. The Balaban J connectivity index is 1.72. The van der Waals surface area contributed by atoms with Gasteiger partial charge in [-0.3, -0.25) is 4.79 Å². The van der Waals surface area contributed by atoms with Crippen LogP contribution in [0.2, 0.25) is 0 Å². The van der Waals surface area contributed by atoms with Crippen molar-refractivity contribution in [2.75, 3.05) is 26.1 Å². The number of quaternary nitrogens is 1. The van der Waals surface area contributed by atoms with E-state index in [1.54, 1.807) is 6.92 Å². The standard InChI is InChI=1S/C21H24N2O5S/c1-12-17(20(25)27-2)19(29-18(12)21(26)28-3)23-16(24)11-22-15-10-6-8-13-7-4-5-9-14(13)15/h4-5,7,9,15,22H,6,8,10-11H2,1-3H3,(H,23,24)/p+1/t15-/m1/s1. The number of carbonyl (C=O) groups is 3. The maximum absolute atomic E-state index is 12.6. The molecule has 7 nitrogen and oxygen atoms in total. The lowest BCUT2D eigenvalue weighted by atomic mass is 9.88. The summed E-state index contributed by atoms with van der Waals surface area (Å²) >= 11 is 1.02. The molecule has 3 rings (SSSR count). The number of fused-ring (bicyclic) bond motifs is 1. The van der Waals surface area contributed by atoms with Gasteiger partial charge in [-0.05, 0) is 30.9 Å². The number of nitrogens with two attached hydrogens (primary N) is 1. The molecule has 1 aromatic heterocycles. The van der Waals surface area contributed by atoms with Gasteiger partial charge in [0.15, 0.2) is 6.54 Å². The third kappa shape index (κ3) is 4.49. The lowest BCUT2D eigenvalue weighted by Gasteiger charge is -2.23. The first-order valence-electron chi connectivity index (χ1n) is 9.47. The van der Waals surface area contributed by atoms with Gasteiger partial charge in [0.05, 0.1) is 19.8 Å². The van der Waals surface area contributed by atoms with Gasteiger partial charge in [-0.25, -0.2) is 9.59 Å². The summed E-state index contributed by atoms with van der Waals surface area (Å²) in [7, 11) is 2.53. The van der Waals surface area contributed by atoms with Crippen molar-refractivity contribution in [2.45, 2.75) is 32.2 Å². The number of rotatable bonds is 6. The number of esters is 2. The molecule has 0 aliphatic heterocycles. The van der Waals surface area contributed by atoms with Crippen molar-refractivity contribution in [3.05, 3.63) is 51.4 Å². The van der Waals surface area contributed by atoms with Crippen LogP contribution in [0.4, 0.5) is 5.00 Å². The molecule has 1 aliphatic carbocycles. The van der Waals surface area contributed by atoms with Crippen LogP contribution in [0.25, 0.3) is 0 Å². The highest BCUT2D eigenvalue weighted by Crippen LogP contribution is 2.34. The van der Waals surface area contributed by atoms with Crippen molar-refractivity contribution in [1.29, 1.82) is 0 Å². The normalized spacial score (nSPS) is 15.3.